The highest BCUT2D eigenvalue weighted by molar-refractivity contribution is 6.35. The van der Waals surface area contributed by atoms with Crippen LogP contribution in [0.15, 0.2) is 42.5 Å². The van der Waals surface area contributed by atoms with Crippen molar-refractivity contribution >= 4 is 52.5 Å². The third-order valence-electron chi connectivity index (χ3n) is 4.67. The van der Waals surface area contributed by atoms with Crippen molar-refractivity contribution in [2.75, 3.05) is 13.2 Å². The van der Waals surface area contributed by atoms with Gasteiger partial charge in [0.15, 0.2) is 12.4 Å². The Morgan fingerprint density at radius 2 is 1.65 bits per heavy atom. The summed E-state index contributed by atoms with van der Waals surface area (Å²) in [5, 5.41) is 4.40. The molecule has 1 N–H and O–H groups in total. The van der Waals surface area contributed by atoms with Gasteiger partial charge in [-0.2, -0.15) is 0 Å². The number of carbonyl (C=O) groups excluding carboxylic acids is 3. The van der Waals surface area contributed by atoms with Gasteiger partial charge in [-0.3, -0.25) is 14.4 Å². The Morgan fingerprint density at radius 3 is 2.29 bits per heavy atom. The predicted molar refractivity (Wildman–Crippen MR) is 123 cm³/mol. The van der Waals surface area contributed by atoms with Gasteiger partial charge in [-0.05, 0) is 48.4 Å². The number of halogens is 3. The Morgan fingerprint density at radius 1 is 0.968 bits per heavy atom. The largest absolute Gasteiger partial charge is 0.456 e. The third kappa shape index (κ3) is 8.52. The van der Waals surface area contributed by atoms with Crippen LogP contribution < -0.4 is 5.32 Å². The van der Waals surface area contributed by atoms with E-state index in [2.05, 4.69) is 5.32 Å². The first-order chi connectivity index (χ1) is 14.8. The average Bonchev–Trinajstić information content (AvgIpc) is 2.74. The lowest BCUT2D eigenvalue weighted by Crippen LogP contribution is -2.32. The molecule has 8 heteroatoms. The Kier molecular flexibility index (Phi) is 10.3. The first-order valence-corrected chi connectivity index (χ1v) is 11.1. The van der Waals surface area contributed by atoms with Crippen LogP contribution in [0.2, 0.25) is 15.1 Å². The second-order valence-corrected chi connectivity index (χ2v) is 8.33. The number of carbonyl (C=O) groups is 3. The van der Waals surface area contributed by atoms with Gasteiger partial charge < -0.3 is 10.1 Å². The highest BCUT2D eigenvalue weighted by Crippen LogP contribution is 2.30. The fourth-order valence-electron chi connectivity index (χ4n) is 3.05. The Bertz CT molecular complexity index is 916. The van der Waals surface area contributed by atoms with Gasteiger partial charge in [0.2, 0.25) is 0 Å². The molecule has 0 aromatic heterocycles. The van der Waals surface area contributed by atoms with Crippen molar-refractivity contribution in [2.24, 2.45) is 0 Å². The number of amides is 1. The third-order valence-corrected chi connectivity index (χ3v) is 5.49. The Labute approximate surface area is 197 Å². The highest BCUT2D eigenvalue weighted by Gasteiger charge is 2.17. The summed E-state index contributed by atoms with van der Waals surface area (Å²) in [5.41, 5.74) is 1.38. The van der Waals surface area contributed by atoms with E-state index in [-0.39, 0.29) is 24.5 Å². The normalized spacial score (nSPS) is 11.6. The van der Waals surface area contributed by atoms with Gasteiger partial charge in [0.1, 0.15) is 0 Å². The van der Waals surface area contributed by atoms with Crippen molar-refractivity contribution < 1.29 is 19.1 Å². The average molecular weight is 485 g/mol. The SMILES string of the molecule is CCC[C@@H](CNC(=O)COC(=O)CCC(=O)c1ccc(Cl)cc1)c1ccc(Cl)cc1Cl. The summed E-state index contributed by atoms with van der Waals surface area (Å²) in [6, 6.07) is 11.7. The first kappa shape index (κ1) is 25.2. The van der Waals surface area contributed by atoms with Crippen LogP contribution in [0, 0.1) is 0 Å². The number of Topliss-reactive ketones (excluding diaryl/α,β-unsaturated/α-hetero) is 1. The Hall–Kier alpha value is -2.08. The van der Waals surface area contributed by atoms with Crippen molar-refractivity contribution in [3.8, 4) is 0 Å². The molecule has 2 aromatic carbocycles. The number of hydrogen-bond donors (Lipinski definition) is 1. The molecule has 0 spiro atoms. The molecule has 166 valence electrons. The Balaban J connectivity index is 1.76. The maximum atomic E-state index is 12.1. The molecule has 0 unspecified atom stereocenters. The van der Waals surface area contributed by atoms with Crippen LogP contribution >= 0.6 is 34.8 Å². The number of hydrogen-bond acceptors (Lipinski definition) is 4. The molecule has 0 aliphatic carbocycles. The first-order valence-electron chi connectivity index (χ1n) is 9.96. The minimum absolute atomic E-state index is 0.00424. The number of rotatable bonds is 11. The summed E-state index contributed by atoms with van der Waals surface area (Å²) in [7, 11) is 0. The van der Waals surface area contributed by atoms with Crippen LogP contribution in [0.25, 0.3) is 0 Å². The van der Waals surface area contributed by atoms with Gasteiger partial charge in [0.05, 0.1) is 6.42 Å². The zero-order valence-electron chi connectivity index (χ0n) is 17.1. The fourth-order valence-corrected chi connectivity index (χ4v) is 3.74. The molecule has 0 saturated carbocycles. The van der Waals surface area contributed by atoms with E-state index >= 15 is 0 Å². The van der Waals surface area contributed by atoms with Crippen LogP contribution in [0.5, 0.6) is 0 Å². The minimum Gasteiger partial charge on any atom is -0.456 e. The van der Waals surface area contributed by atoms with E-state index in [0.717, 1.165) is 18.4 Å². The number of nitrogens with one attached hydrogen (secondary N) is 1. The molecule has 0 aliphatic heterocycles. The fraction of sp³-hybridized carbons (Fsp3) is 0.348. The summed E-state index contributed by atoms with van der Waals surface area (Å²) in [6.07, 6.45) is 1.63. The van der Waals surface area contributed by atoms with E-state index in [1.54, 1.807) is 36.4 Å². The van der Waals surface area contributed by atoms with E-state index in [4.69, 9.17) is 39.5 Å². The minimum atomic E-state index is -0.608. The standard InChI is InChI=1S/C23H24Cl3NO4/c1-2-3-16(19-9-8-18(25)12-20(19)26)13-27-22(29)14-31-23(30)11-10-21(28)15-4-6-17(24)7-5-15/h4-9,12,16H,2-3,10-11,13-14H2,1H3,(H,27,29)/t16-/m0/s1. The molecule has 0 radical (unpaired) electrons. The zero-order valence-corrected chi connectivity index (χ0v) is 19.4. The van der Waals surface area contributed by atoms with Crippen LogP contribution in [0.3, 0.4) is 0 Å². The van der Waals surface area contributed by atoms with Crippen molar-refractivity contribution in [1.29, 1.82) is 0 Å². The summed E-state index contributed by atoms with van der Waals surface area (Å²) >= 11 is 18.0. The monoisotopic (exact) mass is 483 g/mol. The molecule has 1 amide bonds. The summed E-state index contributed by atoms with van der Waals surface area (Å²) in [4.78, 5) is 36.0. The topological polar surface area (TPSA) is 72.5 Å². The van der Waals surface area contributed by atoms with Gasteiger partial charge in [0, 0.05) is 39.5 Å². The molecule has 2 rings (SSSR count). The van der Waals surface area contributed by atoms with Crippen molar-refractivity contribution in [3.63, 3.8) is 0 Å². The smallest absolute Gasteiger partial charge is 0.306 e. The zero-order chi connectivity index (χ0) is 22.8. The van der Waals surface area contributed by atoms with Crippen molar-refractivity contribution in [1.82, 2.24) is 5.32 Å². The van der Waals surface area contributed by atoms with E-state index in [0.29, 0.717) is 27.2 Å². The maximum absolute atomic E-state index is 12.1. The van der Waals surface area contributed by atoms with Crippen LogP contribution in [-0.2, 0) is 14.3 Å². The molecule has 0 aliphatic rings. The summed E-state index contributed by atoms with van der Waals surface area (Å²) in [5.74, 6) is -1.20. The van der Waals surface area contributed by atoms with Gasteiger partial charge in [-0.25, -0.2) is 0 Å². The molecular weight excluding hydrogens is 461 g/mol. The van der Waals surface area contributed by atoms with Crippen molar-refractivity contribution in [2.45, 2.75) is 38.5 Å². The molecule has 2 aromatic rings. The van der Waals surface area contributed by atoms with Crippen LogP contribution in [-0.4, -0.2) is 30.8 Å². The highest BCUT2D eigenvalue weighted by atomic mass is 35.5. The number of esters is 1. The molecule has 1 atom stereocenters. The van der Waals surface area contributed by atoms with E-state index in [1.165, 1.54) is 0 Å². The van der Waals surface area contributed by atoms with E-state index in [9.17, 15) is 14.4 Å². The van der Waals surface area contributed by atoms with Crippen LogP contribution in [0.4, 0.5) is 0 Å². The second-order valence-electron chi connectivity index (χ2n) is 7.05. The quantitative estimate of drug-likeness (QED) is 0.320. The van der Waals surface area contributed by atoms with Crippen LogP contribution in [0.1, 0.15) is 54.4 Å². The number of ether oxygens (including phenoxy) is 1. The van der Waals surface area contributed by atoms with Gasteiger partial charge >= 0.3 is 5.97 Å². The molecule has 0 bridgehead atoms. The molecule has 31 heavy (non-hydrogen) atoms. The summed E-state index contributed by atoms with van der Waals surface area (Å²) < 4.78 is 4.98. The molecular formula is C23H24Cl3NO4. The lowest BCUT2D eigenvalue weighted by molar-refractivity contribution is -0.148. The second kappa shape index (κ2) is 12.7. The summed E-state index contributed by atoms with van der Waals surface area (Å²) in [6.45, 7) is 2.01. The van der Waals surface area contributed by atoms with E-state index in [1.807, 2.05) is 13.0 Å². The molecule has 0 saturated heterocycles. The van der Waals surface area contributed by atoms with Gasteiger partial charge in [-0.15, -0.1) is 0 Å². The predicted octanol–water partition coefficient (Wildman–Crippen LogP) is 5.85. The molecule has 5 nitrogen and oxygen atoms in total. The molecule has 0 heterocycles. The lowest BCUT2D eigenvalue weighted by atomic mass is 9.94. The number of benzene rings is 2. The maximum Gasteiger partial charge on any atom is 0.306 e. The van der Waals surface area contributed by atoms with Gasteiger partial charge in [0.25, 0.3) is 5.91 Å². The number of ketones is 1. The lowest BCUT2D eigenvalue weighted by Gasteiger charge is -2.19. The molecule has 0 fully saturated rings. The van der Waals surface area contributed by atoms with Gasteiger partial charge in [-0.1, -0.05) is 54.2 Å². The van der Waals surface area contributed by atoms with E-state index < -0.39 is 18.5 Å². The van der Waals surface area contributed by atoms with Crippen molar-refractivity contribution in [3.05, 3.63) is 68.7 Å².